The zero-order chi connectivity index (χ0) is 22.4. The van der Waals surface area contributed by atoms with E-state index in [0.717, 1.165) is 56.0 Å². The van der Waals surface area contributed by atoms with Crippen molar-refractivity contribution in [1.82, 2.24) is 19.4 Å². The highest BCUT2D eigenvalue weighted by Crippen LogP contribution is 2.30. The van der Waals surface area contributed by atoms with Crippen LogP contribution in [0.5, 0.6) is 0 Å². The normalized spacial score (nSPS) is 14.5. The topological polar surface area (TPSA) is 64.8 Å². The SMILES string of the molecule is CN(C)CCN1CCN(c2ccc(F)c(-c3nc4ccccc4n3C)c2)CC1.O=CO. The molecule has 4 rings (SSSR count). The number of piperazine rings is 1. The molecule has 1 N–H and O–H groups in total. The quantitative estimate of drug-likeness (QED) is 0.632. The Labute approximate surface area is 182 Å². The molecule has 2 heterocycles. The molecule has 1 fully saturated rings. The summed E-state index contributed by atoms with van der Waals surface area (Å²) in [6.07, 6.45) is 0. The lowest BCUT2D eigenvalue weighted by Gasteiger charge is -2.36. The molecule has 0 bridgehead atoms. The highest BCUT2D eigenvalue weighted by atomic mass is 19.1. The van der Waals surface area contributed by atoms with Gasteiger partial charge in [0.1, 0.15) is 11.6 Å². The van der Waals surface area contributed by atoms with E-state index >= 15 is 0 Å². The summed E-state index contributed by atoms with van der Waals surface area (Å²) < 4.78 is 16.7. The molecule has 1 aliphatic rings. The van der Waals surface area contributed by atoms with Gasteiger partial charge in [0.25, 0.3) is 6.47 Å². The lowest BCUT2D eigenvalue weighted by Crippen LogP contribution is -2.48. The molecular formula is C23H30FN5O2. The zero-order valence-corrected chi connectivity index (χ0v) is 18.3. The van der Waals surface area contributed by atoms with Gasteiger partial charge in [-0.1, -0.05) is 12.1 Å². The van der Waals surface area contributed by atoms with Crippen LogP contribution in [0, 0.1) is 5.82 Å². The molecule has 0 atom stereocenters. The Balaban J connectivity index is 0.000000858. The van der Waals surface area contributed by atoms with Crippen LogP contribution in [0.15, 0.2) is 42.5 Å². The number of aromatic nitrogens is 2. The van der Waals surface area contributed by atoms with Crippen molar-refractivity contribution in [2.75, 3.05) is 58.3 Å². The second-order valence-electron chi connectivity index (χ2n) is 7.88. The molecule has 0 radical (unpaired) electrons. The predicted octanol–water partition coefficient (Wildman–Crippen LogP) is 2.76. The molecule has 0 aliphatic carbocycles. The first-order valence-corrected chi connectivity index (χ1v) is 10.4. The largest absolute Gasteiger partial charge is 0.483 e. The van der Waals surface area contributed by atoms with E-state index in [1.807, 2.05) is 48.0 Å². The Kier molecular flexibility index (Phi) is 7.59. The molecule has 1 saturated heterocycles. The minimum Gasteiger partial charge on any atom is -0.483 e. The van der Waals surface area contributed by atoms with Gasteiger partial charge >= 0.3 is 0 Å². The van der Waals surface area contributed by atoms with Crippen LogP contribution in [-0.4, -0.2) is 84.3 Å². The molecule has 0 unspecified atom stereocenters. The summed E-state index contributed by atoms with van der Waals surface area (Å²) in [6, 6.07) is 13.3. The van der Waals surface area contributed by atoms with E-state index in [4.69, 9.17) is 9.90 Å². The van der Waals surface area contributed by atoms with Gasteiger partial charge in [-0.05, 0) is 44.4 Å². The Morgan fingerprint density at radius 3 is 2.45 bits per heavy atom. The number of hydrogen-bond donors (Lipinski definition) is 1. The molecule has 0 amide bonds. The number of carboxylic acid groups (broad SMARTS) is 1. The number of likely N-dealkylation sites (N-methyl/N-ethyl adjacent to an activating group) is 1. The lowest BCUT2D eigenvalue weighted by molar-refractivity contribution is -0.122. The minimum absolute atomic E-state index is 0.230. The van der Waals surface area contributed by atoms with Gasteiger partial charge in [-0.2, -0.15) is 0 Å². The number of halogens is 1. The van der Waals surface area contributed by atoms with Crippen LogP contribution in [0.1, 0.15) is 0 Å². The number of rotatable bonds is 5. The first-order valence-electron chi connectivity index (χ1n) is 10.4. The van der Waals surface area contributed by atoms with E-state index in [1.54, 1.807) is 6.07 Å². The van der Waals surface area contributed by atoms with E-state index in [2.05, 4.69) is 33.8 Å². The van der Waals surface area contributed by atoms with Crippen LogP contribution >= 0.6 is 0 Å². The van der Waals surface area contributed by atoms with Gasteiger partial charge in [0.2, 0.25) is 0 Å². The van der Waals surface area contributed by atoms with Crippen molar-refractivity contribution in [3.63, 3.8) is 0 Å². The summed E-state index contributed by atoms with van der Waals surface area (Å²) in [6.45, 7) is 5.91. The second-order valence-corrected chi connectivity index (χ2v) is 7.88. The van der Waals surface area contributed by atoms with Crippen molar-refractivity contribution in [2.45, 2.75) is 0 Å². The Bertz CT molecular complexity index is 1010. The third-order valence-electron chi connectivity index (χ3n) is 5.58. The molecule has 31 heavy (non-hydrogen) atoms. The average molecular weight is 428 g/mol. The van der Waals surface area contributed by atoms with Crippen molar-refractivity contribution in [3.8, 4) is 11.4 Å². The number of benzene rings is 2. The van der Waals surface area contributed by atoms with Gasteiger partial charge in [0.05, 0.1) is 16.6 Å². The maximum atomic E-state index is 14.7. The van der Waals surface area contributed by atoms with Crippen LogP contribution in [0.2, 0.25) is 0 Å². The van der Waals surface area contributed by atoms with Gasteiger partial charge in [-0.25, -0.2) is 9.37 Å². The van der Waals surface area contributed by atoms with E-state index < -0.39 is 0 Å². The summed E-state index contributed by atoms with van der Waals surface area (Å²) in [5, 5.41) is 6.89. The van der Waals surface area contributed by atoms with Crippen molar-refractivity contribution in [2.24, 2.45) is 7.05 Å². The van der Waals surface area contributed by atoms with Crippen molar-refractivity contribution < 1.29 is 14.3 Å². The number of imidazole rings is 1. The molecule has 1 aliphatic heterocycles. The van der Waals surface area contributed by atoms with Gasteiger partial charge < -0.3 is 19.5 Å². The first-order chi connectivity index (χ1) is 14.9. The Morgan fingerprint density at radius 1 is 1.13 bits per heavy atom. The summed E-state index contributed by atoms with van der Waals surface area (Å²) in [7, 11) is 6.16. The van der Waals surface area contributed by atoms with Gasteiger partial charge in [-0.3, -0.25) is 9.69 Å². The molecule has 3 aromatic rings. The molecule has 2 aromatic carbocycles. The molecule has 1 aromatic heterocycles. The molecule has 0 saturated carbocycles. The fourth-order valence-electron chi connectivity index (χ4n) is 3.84. The van der Waals surface area contributed by atoms with Gasteiger partial charge in [0, 0.05) is 52.0 Å². The summed E-state index contributed by atoms with van der Waals surface area (Å²) >= 11 is 0. The molecule has 7 nitrogen and oxygen atoms in total. The predicted molar refractivity (Wildman–Crippen MR) is 122 cm³/mol. The van der Waals surface area contributed by atoms with Crippen molar-refractivity contribution in [1.29, 1.82) is 0 Å². The third kappa shape index (κ3) is 5.39. The number of hydrogen-bond acceptors (Lipinski definition) is 5. The Hall–Kier alpha value is -2.97. The van der Waals surface area contributed by atoms with E-state index in [1.165, 1.54) is 0 Å². The zero-order valence-electron chi connectivity index (χ0n) is 18.3. The number of nitrogens with zero attached hydrogens (tertiary/aromatic N) is 5. The molecule has 166 valence electrons. The number of fused-ring (bicyclic) bond motifs is 1. The van der Waals surface area contributed by atoms with E-state index in [-0.39, 0.29) is 12.3 Å². The van der Waals surface area contributed by atoms with E-state index in [0.29, 0.717) is 11.4 Å². The minimum atomic E-state index is -0.250. The van der Waals surface area contributed by atoms with Crippen LogP contribution in [0.3, 0.4) is 0 Å². The first kappa shape index (κ1) is 22.7. The smallest absolute Gasteiger partial charge is 0.290 e. The standard InChI is InChI=1S/C22H28FN5.CH2O2/c1-25(2)10-11-27-12-14-28(15-13-27)17-8-9-19(23)18(16-17)22-24-20-6-4-5-7-21(20)26(22)3;2-1-3/h4-9,16H,10-15H2,1-3H3;1H,(H,2,3). The van der Waals surface area contributed by atoms with Crippen LogP contribution in [0.4, 0.5) is 10.1 Å². The number of aryl methyl sites for hydroxylation is 1. The summed E-state index contributed by atoms with van der Waals surface area (Å²) in [5.41, 5.74) is 3.53. The molecule has 8 heteroatoms. The number of carbonyl (C=O) groups is 1. The fraction of sp³-hybridized carbons (Fsp3) is 0.391. The average Bonchev–Trinajstić information content (AvgIpc) is 3.10. The van der Waals surface area contributed by atoms with Gasteiger partial charge in [-0.15, -0.1) is 0 Å². The van der Waals surface area contributed by atoms with Crippen LogP contribution in [0.25, 0.3) is 22.4 Å². The van der Waals surface area contributed by atoms with Crippen molar-refractivity contribution >= 4 is 23.2 Å². The maximum absolute atomic E-state index is 14.7. The summed E-state index contributed by atoms with van der Waals surface area (Å²) in [5.74, 6) is 0.442. The highest BCUT2D eigenvalue weighted by molar-refractivity contribution is 5.81. The fourth-order valence-corrected chi connectivity index (χ4v) is 3.84. The molecular weight excluding hydrogens is 397 g/mol. The Morgan fingerprint density at radius 2 is 1.81 bits per heavy atom. The van der Waals surface area contributed by atoms with Crippen molar-refractivity contribution in [3.05, 3.63) is 48.3 Å². The highest BCUT2D eigenvalue weighted by Gasteiger charge is 2.20. The number of para-hydroxylation sites is 2. The van der Waals surface area contributed by atoms with Crippen LogP contribution < -0.4 is 4.90 Å². The van der Waals surface area contributed by atoms with Crippen LogP contribution in [-0.2, 0) is 11.8 Å². The molecule has 0 spiro atoms. The number of anilines is 1. The van der Waals surface area contributed by atoms with E-state index in [9.17, 15) is 4.39 Å². The second kappa shape index (κ2) is 10.4. The summed E-state index contributed by atoms with van der Waals surface area (Å²) in [4.78, 5) is 20.1. The third-order valence-corrected chi connectivity index (χ3v) is 5.58. The lowest BCUT2D eigenvalue weighted by atomic mass is 10.1. The maximum Gasteiger partial charge on any atom is 0.290 e. The monoisotopic (exact) mass is 427 g/mol. The van der Waals surface area contributed by atoms with Gasteiger partial charge in [0.15, 0.2) is 0 Å².